The van der Waals surface area contributed by atoms with E-state index in [0.717, 1.165) is 116 Å². The molecule has 0 aromatic rings. The molecule has 0 rings (SSSR count). The van der Waals surface area contributed by atoms with Gasteiger partial charge in [-0.3, -0.25) is 14.4 Å². The molecule has 0 amide bonds. The highest BCUT2D eigenvalue weighted by Gasteiger charge is 2.19. The largest absolute Gasteiger partial charge is 0.462 e. The van der Waals surface area contributed by atoms with E-state index in [1.807, 2.05) is 0 Å². The van der Waals surface area contributed by atoms with Gasteiger partial charge in [0.2, 0.25) is 0 Å². The molecule has 0 radical (unpaired) electrons. The quantitative estimate of drug-likeness (QED) is 0.0261. The second kappa shape index (κ2) is 64.9. The average Bonchev–Trinajstić information content (AvgIpc) is 3.43. The van der Waals surface area contributed by atoms with Crippen LogP contribution in [0.5, 0.6) is 0 Å². The standard InChI is InChI=1S/C71H122O6/c1-4-7-10-13-16-19-22-24-26-28-30-31-32-33-34-35-36-37-38-39-41-42-44-46-49-52-55-58-61-64-70(73)76-67-68(66-75-69(72)63-60-57-54-51-48-21-18-15-12-9-6-3)77-71(74)65-62-59-56-53-50-47-45-43-40-29-27-25-23-20-17-14-11-8-5-2/h8,11,15,17-18,20,22,24-25,27-28,30,32-33,40,43,68H,4-7,9-10,12-14,16,19,21,23,26,29,31,34-39,41-42,44-67H2,1-3H3/b11-8-,18-15-,20-17-,24-22-,27-25-,30-28-,33-32-,43-40-. The number of hydrogen-bond acceptors (Lipinski definition) is 6. The molecule has 0 bridgehead atoms. The van der Waals surface area contributed by atoms with E-state index in [0.29, 0.717) is 19.3 Å². The lowest BCUT2D eigenvalue weighted by molar-refractivity contribution is -0.167. The fraction of sp³-hybridized carbons (Fsp3) is 0.732. The highest BCUT2D eigenvalue weighted by atomic mass is 16.6. The Bertz CT molecular complexity index is 1510. The van der Waals surface area contributed by atoms with Gasteiger partial charge in [-0.05, 0) is 116 Å². The monoisotopic (exact) mass is 1070 g/mol. The van der Waals surface area contributed by atoms with Gasteiger partial charge in [-0.15, -0.1) is 0 Å². The third-order valence-electron chi connectivity index (χ3n) is 14.0. The average molecular weight is 1070 g/mol. The number of allylic oxidation sites excluding steroid dienone is 16. The molecule has 6 heteroatoms. The number of carbonyl (C=O) groups excluding carboxylic acids is 3. The topological polar surface area (TPSA) is 78.9 Å². The van der Waals surface area contributed by atoms with E-state index >= 15 is 0 Å². The van der Waals surface area contributed by atoms with Gasteiger partial charge >= 0.3 is 17.9 Å². The molecule has 0 N–H and O–H groups in total. The van der Waals surface area contributed by atoms with E-state index in [4.69, 9.17) is 14.2 Å². The number of rotatable bonds is 59. The zero-order chi connectivity index (χ0) is 55.7. The van der Waals surface area contributed by atoms with Crippen LogP contribution < -0.4 is 0 Å². The molecule has 0 aromatic carbocycles. The molecule has 0 saturated heterocycles. The highest BCUT2D eigenvalue weighted by molar-refractivity contribution is 5.71. The van der Waals surface area contributed by atoms with Crippen LogP contribution in [0.1, 0.15) is 316 Å². The maximum absolute atomic E-state index is 12.9. The summed E-state index contributed by atoms with van der Waals surface area (Å²) in [7, 11) is 0. The number of hydrogen-bond donors (Lipinski definition) is 0. The molecule has 442 valence electrons. The lowest BCUT2D eigenvalue weighted by Crippen LogP contribution is -2.30. The molecule has 0 aliphatic carbocycles. The molecule has 77 heavy (non-hydrogen) atoms. The zero-order valence-electron chi connectivity index (χ0n) is 50.7. The summed E-state index contributed by atoms with van der Waals surface area (Å²) in [4.78, 5) is 38.3. The van der Waals surface area contributed by atoms with Crippen LogP contribution in [0.4, 0.5) is 0 Å². The summed E-state index contributed by atoms with van der Waals surface area (Å²) in [5.41, 5.74) is 0. The van der Waals surface area contributed by atoms with Gasteiger partial charge in [-0.25, -0.2) is 0 Å². The van der Waals surface area contributed by atoms with Gasteiger partial charge in [0.15, 0.2) is 6.10 Å². The van der Waals surface area contributed by atoms with Crippen molar-refractivity contribution in [1.82, 2.24) is 0 Å². The Kier molecular flexibility index (Phi) is 61.8. The molecule has 1 unspecified atom stereocenters. The smallest absolute Gasteiger partial charge is 0.306 e. The normalized spacial score (nSPS) is 12.7. The molecular weight excluding hydrogens is 949 g/mol. The van der Waals surface area contributed by atoms with Gasteiger partial charge in [0.1, 0.15) is 13.2 Å². The predicted octanol–water partition coefficient (Wildman–Crippen LogP) is 22.4. The molecule has 0 heterocycles. The van der Waals surface area contributed by atoms with Gasteiger partial charge < -0.3 is 14.2 Å². The Hall–Kier alpha value is -3.67. The van der Waals surface area contributed by atoms with Crippen molar-refractivity contribution in [2.75, 3.05) is 13.2 Å². The first-order chi connectivity index (χ1) is 38.0. The van der Waals surface area contributed by atoms with E-state index in [9.17, 15) is 14.4 Å². The molecule has 0 fully saturated rings. The van der Waals surface area contributed by atoms with E-state index in [2.05, 4.69) is 118 Å². The number of esters is 3. The van der Waals surface area contributed by atoms with Gasteiger partial charge in [-0.1, -0.05) is 279 Å². The molecule has 0 aromatic heterocycles. The molecule has 6 nitrogen and oxygen atoms in total. The fourth-order valence-corrected chi connectivity index (χ4v) is 9.13. The van der Waals surface area contributed by atoms with Crippen LogP contribution in [0, 0.1) is 0 Å². The van der Waals surface area contributed by atoms with Gasteiger partial charge in [0.25, 0.3) is 0 Å². The summed E-state index contributed by atoms with van der Waals surface area (Å²) in [5.74, 6) is -0.902. The van der Waals surface area contributed by atoms with Crippen molar-refractivity contribution in [3.05, 3.63) is 97.2 Å². The Morgan fingerprint density at radius 2 is 0.519 bits per heavy atom. The van der Waals surface area contributed by atoms with Crippen molar-refractivity contribution in [1.29, 1.82) is 0 Å². The SMILES string of the molecule is CC/C=C\C/C=C\C/C=C\C/C=C\CCCCCCCCC(=O)OC(COC(=O)CCCCCCC/C=C\CCCC)COC(=O)CCCCCCCCCCCCCCCC/C=C\C/C=C\C/C=C\CCCCCCC. The minimum atomic E-state index is -0.790. The molecule has 0 saturated carbocycles. The minimum Gasteiger partial charge on any atom is -0.462 e. The van der Waals surface area contributed by atoms with Crippen LogP contribution in [-0.4, -0.2) is 37.2 Å². The van der Waals surface area contributed by atoms with Crippen LogP contribution in [0.25, 0.3) is 0 Å². The first-order valence-corrected chi connectivity index (χ1v) is 32.7. The van der Waals surface area contributed by atoms with Crippen molar-refractivity contribution in [3.63, 3.8) is 0 Å². The Balaban J connectivity index is 4.24. The highest BCUT2D eigenvalue weighted by Crippen LogP contribution is 2.16. The molecule has 0 spiro atoms. The second-order valence-corrected chi connectivity index (χ2v) is 21.6. The van der Waals surface area contributed by atoms with Crippen molar-refractivity contribution >= 4 is 17.9 Å². The number of carbonyl (C=O) groups is 3. The zero-order valence-corrected chi connectivity index (χ0v) is 50.7. The maximum Gasteiger partial charge on any atom is 0.306 e. The van der Waals surface area contributed by atoms with Crippen molar-refractivity contribution in [3.8, 4) is 0 Å². The van der Waals surface area contributed by atoms with Gasteiger partial charge in [0, 0.05) is 19.3 Å². The summed E-state index contributed by atoms with van der Waals surface area (Å²) in [6.45, 7) is 6.48. The molecule has 0 aliphatic rings. The van der Waals surface area contributed by atoms with Crippen LogP contribution in [0.2, 0.25) is 0 Å². The fourth-order valence-electron chi connectivity index (χ4n) is 9.13. The maximum atomic E-state index is 12.9. The Morgan fingerprint density at radius 1 is 0.273 bits per heavy atom. The van der Waals surface area contributed by atoms with E-state index in [1.165, 1.54) is 161 Å². The predicted molar refractivity (Wildman–Crippen MR) is 334 cm³/mol. The van der Waals surface area contributed by atoms with E-state index < -0.39 is 6.10 Å². The summed E-state index contributed by atoms with van der Waals surface area (Å²) in [5, 5.41) is 0. The first-order valence-electron chi connectivity index (χ1n) is 32.7. The summed E-state index contributed by atoms with van der Waals surface area (Å²) in [6, 6.07) is 0. The van der Waals surface area contributed by atoms with Crippen molar-refractivity contribution < 1.29 is 28.6 Å². The Labute approximate surface area is 477 Å². The minimum absolute atomic E-state index is 0.0854. The van der Waals surface area contributed by atoms with Crippen LogP contribution in [-0.2, 0) is 28.6 Å². The second-order valence-electron chi connectivity index (χ2n) is 21.6. The van der Waals surface area contributed by atoms with Crippen LogP contribution >= 0.6 is 0 Å². The third kappa shape index (κ3) is 63.0. The van der Waals surface area contributed by atoms with Crippen LogP contribution in [0.15, 0.2) is 97.2 Å². The van der Waals surface area contributed by atoms with E-state index in [1.54, 1.807) is 0 Å². The first kappa shape index (κ1) is 73.3. The molecule has 0 aliphatic heterocycles. The lowest BCUT2D eigenvalue weighted by atomic mass is 10.0. The third-order valence-corrected chi connectivity index (χ3v) is 14.0. The van der Waals surface area contributed by atoms with Crippen molar-refractivity contribution in [2.45, 2.75) is 322 Å². The number of unbranched alkanes of at least 4 members (excludes halogenated alkanes) is 32. The van der Waals surface area contributed by atoms with Crippen LogP contribution in [0.3, 0.4) is 0 Å². The summed E-state index contributed by atoms with van der Waals surface area (Å²) < 4.78 is 16.9. The summed E-state index contributed by atoms with van der Waals surface area (Å²) in [6.07, 6.45) is 87.1. The number of ether oxygens (including phenoxy) is 3. The van der Waals surface area contributed by atoms with E-state index in [-0.39, 0.29) is 31.1 Å². The molecular formula is C71H122O6. The Morgan fingerprint density at radius 3 is 0.844 bits per heavy atom. The van der Waals surface area contributed by atoms with Gasteiger partial charge in [-0.2, -0.15) is 0 Å². The van der Waals surface area contributed by atoms with Crippen molar-refractivity contribution in [2.24, 2.45) is 0 Å². The van der Waals surface area contributed by atoms with Gasteiger partial charge in [0.05, 0.1) is 0 Å². The summed E-state index contributed by atoms with van der Waals surface area (Å²) >= 11 is 0. The molecule has 1 atom stereocenters. The lowest BCUT2D eigenvalue weighted by Gasteiger charge is -2.18.